The first-order valence-electron chi connectivity index (χ1n) is 7.16. The number of para-hydroxylation sites is 1. The first-order chi connectivity index (χ1) is 12.0. The Hall–Kier alpha value is -3.68. The zero-order chi connectivity index (χ0) is 18.0. The van der Waals surface area contributed by atoms with E-state index in [1.165, 1.54) is 25.3 Å². The Morgan fingerprint density at radius 2 is 1.96 bits per heavy atom. The molecule has 0 spiro atoms. The molecular weight excluding hydrogens is 328 g/mol. The van der Waals surface area contributed by atoms with Gasteiger partial charge >= 0.3 is 5.63 Å². The van der Waals surface area contributed by atoms with Crippen LogP contribution in [-0.2, 0) is 0 Å². The van der Waals surface area contributed by atoms with Crippen molar-refractivity contribution in [3.05, 3.63) is 74.6 Å². The van der Waals surface area contributed by atoms with Crippen LogP contribution in [-0.4, -0.2) is 17.9 Å². The van der Waals surface area contributed by atoms with Crippen LogP contribution >= 0.6 is 0 Å². The van der Waals surface area contributed by atoms with Crippen LogP contribution in [0.25, 0.3) is 11.0 Å². The molecule has 0 aliphatic rings. The number of hydrogen-bond acceptors (Lipinski definition) is 6. The molecule has 0 aliphatic heterocycles. The lowest BCUT2D eigenvalue weighted by atomic mass is 10.1. The molecule has 8 heteroatoms. The number of nitro benzene ring substituents is 1. The molecule has 0 bridgehead atoms. The number of methoxy groups -OCH3 is 1. The minimum absolute atomic E-state index is 0.0780. The molecule has 126 valence electrons. The number of nitrogens with zero attached hydrogens (tertiary/aromatic N) is 1. The molecule has 0 saturated carbocycles. The Bertz CT molecular complexity index is 1040. The molecule has 0 saturated heterocycles. The summed E-state index contributed by atoms with van der Waals surface area (Å²) in [4.78, 5) is 34.8. The van der Waals surface area contributed by atoms with E-state index in [1.807, 2.05) is 0 Å². The lowest BCUT2D eigenvalue weighted by Crippen LogP contribution is -2.21. The highest BCUT2D eigenvalue weighted by atomic mass is 16.6. The van der Waals surface area contributed by atoms with Crippen molar-refractivity contribution in [3.8, 4) is 5.75 Å². The summed E-state index contributed by atoms with van der Waals surface area (Å²) in [6.45, 7) is 0. The molecular formula is C17H12N2O6. The van der Waals surface area contributed by atoms with Gasteiger partial charge in [-0.25, -0.2) is 4.79 Å². The van der Waals surface area contributed by atoms with Gasteiger partial charge in [0.25, 0.3) is 11.6 Å². The first-order valence-corrected chi connectivity index (χ1v) is 7.16. The maximum absolute atomic E-state index is 12.4. The highest BCUT2D eigenvalue weighted by molar-refractivity contribution is 6.06. The molecule has 1 amide bonds. The molecule has 0 aliphatic carbocycles. The van der Waals surface area contributed by atoms with Crippen molar-refractivity contribution in [1.82, 2.24) is 0 Å². The van der Waals surface area contributed by atoms with Gasteiger partial charge < -0.3 is 14.5 Å². The van der Waals surface area contributed by atoms with E-state index in [-0.39, 0.29) is 22.7 Å². The lowest BCUT2D eigenvalue weighted by Gasteiger charge is -2.09. The topological polar surface area (TPSA) is 112 Å². The number of ether oxygens (including phenoxy) is 1. The summed E-state index contributed by atoms with van der Waals surface area (Å²) in [5.74, 6) is -0.526. The van der Waals surface area contributed by atoms with Crippen LogP contribution in [0.4, 0.5) is 11.4 Å². The van der Waals surface area contributed by atoms with E-state index in [9.17, 15) is 19.7 Å². The second kappa shape index (κ2) is 6.44. The molecule has 0 unspecified atom stereocenters. The van der Waals surface area contributed by atoms with Gasteiger partial charge in [0.2, 0.25) is 0 Å². The van der Waals surface area contributed by atoms with Gasteiger partial charge in [-0.05, 0) is 18.2 Å². The van der Waals surface area contributed by atoms with E-state index in [1.54, 1.807) is 24.3 Å². The van der Waals surface area contributed by atoms with Crippen molar-refractivity contribution >= 4 is 28.3 Å². The van der Waals surface area contributed by atoms with Crippen molar-refractivity contribution in [2.45, 2.75) is 0 Å². The Morgan fingerprint density at radius 3 is 2.68 bits per heavy atom. The summed E-state index contributed by atoms with van der Waals surface area (Å²) in [7, 11) is 1.36. The Kier molecular flexibility index (Phi) is 4.17. The highest BCUT2D eigenvalue weighted by Gasteiger charge is 2.18. The number of hydrogen-bond donors (Lipinski definition) is 1. The van der Waals surface area contributed by atoms with Gasteiger partial charge in [-0.2, -0.15) is 0 Å². The van der Waals surface area contributed by atoms with Crippen molar-refractivity contribution in [2.24, 2.45) is 0 Å². The van der Waals surface area contributed by atoms with Crippen LogP contribution in [0.3, 0.4) is 0 Å². The number of benzene rings is 2. The molecule has 0 atom stereocenters. The third-order valence-electron chi connectivity index (χ3n) is 3.53. The molecule has 25 heavy (non-hydrogen) atoms. The normalized spacial score (nSPS) is 10.4. The predicted octanol–water partition coefficient (Wildman–Crippen LogP) is 2.96. The van der Waals surface area contributed by atoms with E-state index >= 15 is 0 Å². The second-order valence-electron chi connectivity index (χ2n) is 5.08. The summed E-state index contributed by atoms with van der Waals surface area (Å²) in [5, 5.41) is 13.9. The number of nitro groups is 1. The minimum Gasteiger partial charge on any atom is -0.495 e. The van der Waals surface area contributed by atoms with Crippen molar-refractivity contribution in [3.63, 3.8) is 0 Å². The van der Waals surface area contributed by atoms with Gasteiger partial charge in [-0.15, -0.1) is 0 Å². The van der Waals surface area contributed by atoms with E-state index in [0.29, 0.717) is 11.0 Å². The van der Waals surface area contributed by atoms with Crippen molar-refractivity contribution in [2.75, 3.05) is 12.4 Å². The van der Waals surface area contributed by atoms with E-state index in [4.69, 9.17) is 9.15 Å². The number of nitrogens with one attached hydrogen (secondary N) is 1. The predicted molar refractivity (Wildman–Crippen MR) is 90.1 cm³/mol. The average molecular weight is 340 g/mol. The summed E-state index contributed by atoms with van der Waals surface area (Å²) in [6, 6.07) is 11.9. The molecule has 0 fully saturated rings. The Morgan fingerprint density at radius 1 is 1.20 bits per heavy atom. The molecule has 1 aromatic heterocycles. The molecule has 2 aromatic carbocycles. The van der Waals surface area contributed by atoms with Gasteiger partial charge in [-0.3, -0.25) is 14.9 Å². The fourth-order valence-corrected chi connectivity index (χ4v) is 2.32. The zero-order valence-corrected chi connectivity index (χ0v) is 13.0. The molecule has 1 N–H and O–H groups in total. The van der Waals surface area contributed by atoms with Crippen LogP contribution < -0.4 is 15.7 Å². The quantitative estimate of drug-likeness (QED) is 0.444. The van der Waals surface area contributed by atoms with E-state index in [2.05, 4.69) is 5.32 Å². The van der Waals surface area contributed by atoms with Crippen molar-refractivity contribution in [1.29, 1.82) is 0 Å². The molecule has 1 heterocycles. The number of carbonyl (C=O) groups excluding carboxylic acids is 1. The zero-order valence-electron chi connectivity index (χ0n) is 13.0. The largest absolute Gasteiger partial charge is 0.495 e. The van der Waals surface area contributed by atoms with Gasteiger partial charge in [0, 0.05) is 17.5 Å². The third kappa shape index (κ3) is 3.18. The molecule has 3 aromatic rings. The number of rotatable bonds is 4. The monoisotopic (exact) mass is 340 g/mol. The second-order valence-corrected chi connectivity index (χ2v) is 5.08. The van der Waals surface area contributed by atoms with Crippen molar-refractivity contribution < 1.29 is 18.9 Å². The fraction of sp³-hybridized carbons (Fsp3) is 0.0588. The fourth-order valence-electron chi connectivity index (χ4n) is 2.32. The lowest BCUT2D eigenvalue weighted by molar-refractivity contribution is -0.384. The van der Waals surface area contributed by atoms with Crippen LogP contribution in [0.2, 0.25) is 0 Å². The van der Waals surface area contributed by atoms with Crippen LogP contribution in [0, 0.1) is 10.1 Å². The number of anilines is 1. The summed E-state index contributed by atoms with van der Waals surface area (Å²) in [6.07, 6.45) is 0. The summed E-state index contributed by atoms with van der Waals surface area (Å²) >= 11 is 0. The number of non-ortho nitro benzene ring substituents is 1. The number of fused-ring (bicyclic) bond motifs is 1. The third-order valence-corrected chi connectivity index (χ3v) is 3.53. The smallest absolute Gasteiger partial charge is 0.349 e. The van der Waals surface area contributed by atoms with Crippen LogP contribution in [0.15, 0.2) is 57.7 Å². The molecule has 0 radical (unpaired) electrons. The van der Waals surface area contributed by atoms with E-state index in [0.717, 1.165) is 6.07 Å². The van der Waals surface area contributed by atoms with Gasteiger partial charge in [-0.1, -0.05) is 18.2 Å². The highest BCUT2D eigenvalue weighted by Crippen LogP contribution is 2.29. The maximum atomic E-state index is 12.4. The molecule has 3 rings (SSSR count). The standard InChI is InChI=1S/C17H12N2O6/c1-24-15-7-6-11(19(22)23)9-13(15)18-16(20)12-8-10-4-2-3-5-14(10)25-17(12)21/h2-9H,1H3,(H,18,20). The number of amides is 1. The SMILES string of the molecule is COc1ccc([N+](=O)[O-])cc1NC(=O)c1cc2ccccc2oc1=O. The Labute approximate surface area is 140 Å². The first kappa shape index (κ1) is 16.2. The Balaban J connectivity index is 2.00. The average Bonchev–Trinajstić information content (AvgIpc) is 2.60. The van der Waals surface area contributed by atoms with Crippen LogP contribution in [0.1, 0.15) is 10.4 Å². The van der Waals surface area contributed by atoms with E-state index < -0.39 is 16.5 Å². The van der Waals surface area contributed by atoms with Gasteiger partial charge in [0.15, 0.2) is 0 Å². The van der Waals surface area contributed by atoms with Crippen LogP contribution in [0.5, 0.6) is 5.75 Å². The van der Waals surface area contributed by atoms with Gasteiger partial charge in [0.05, 0.1) is 17.7 Å². The molecule has 8 nitrogen and oxygen atoms in total. The number of carbonyl (C=O) groups is 1. The maximum Gasteiger partial charge on any atom is 0.349 e. The summed E-state index contributed by atoms with van der Waals surface area (Å²) in [5.41, 5.74) is -0.805. The van der Waals surface area contributed by atoms with Gasteiger partial charge in [0.1, 0.15) is 16.9 Å². The summed E-state index contributed by atoms with van der Waals surface area (Å²) < 4.78 is 10.2. The minimum atomic E-state index is -0.805.